The first-order chi connectivity index (χ1) is 9.63. The first-order valence-corrected chi connectivity index (χ1v) is 7.12. The molecule has 20 heavy (non-hydrogen) atoms. The van der Waals surface area contributed by atoms with Crippen molar-refractivity contribution in [2.45, 2.75) is 13.2 Å². The zero-order valence-electron chi connectivity index (χ0n) is 10.3. The molecule has 1 aromatic carbocycles. The molecule has 102 valence electrons. The van der Waals surface area contributed by atoms with Crippen molar-refractivity contribution in [3.05, 3.63) is 56.8 Å². The fraction of sp³-hybridized carbons (Fsp3) is 0.143. The molecule has 6 heteroatoms. The summed E-state index contributed by atoms with van der Waals surface area (Å²) < 4.78 is 6.08. The van der Waals surface area contributed by atoms with Gasteiger partial charge in [-0.2, -0.15) is 0 Å². The van der Waals surface area contributed by atoms with Gasteiger partial charge >= 0.3 is 0 Å². The topological polar surface area (TPSA) is 51.2 Å². The van der Waals surface area contributed by atoms with Crippen molar-refractivity contribution in [2.24, 2.45) is 0 Å². The fourth-order valence-electron chi connectivity index (χ4n) is 2.02. The van der Waals surface area contributed by atoms with Gasteiger partial charge in [-0.3, -0.25) is 4.79 Å². The van der Waals surface area contributed by atoms with Crippen LogP contribution in [0.15, 0.2) is 34.9 Å². The summed E-state index contributed by atoms with van der Waals surface area (Å²) in [5.74, 6) is -0.221. The maximum absolute atomic E-state index is 12.2. The Hall–Kier alpha value is -1.43. The summed E-state index contributed by atoms with van der Waals surface area (Å²) >= 11 is 9.25. The van der Waals surface area contributed by atoms with Crippen molar-refractivity contribution in [3.8, 4) is 0 Å². The molecule has 0 unspecified atom stereocenters. The second kappa shape index (κ2) is 5.52. The number of pyridine rings is 1. The maximum atomic E-state index is 12.2. The van der Waals surface area contributed by atoms with Crippen LogP contribution in [-0.4, -0.2) is 10.9 Å². The van der Waals surface area contributed by atoms with Gasteiger partial charge in [-0.15, -0.1) is 0 Å². The monoisotopic (exact) mass is 352 g/mol. The number of hydrogen-bond donors (Lipinski definition) is 1. The number of hydrogen-bond acceptors (Lipinski definition) is 3. The first kappa shape index (κ1) is 13.5. The molecule has 1 amide bonds. The molecular formula is C14H10BrClN2O2. The molecule has 0 fully saturated rings. The number of nitrogens with zero attached hydrogens (tertiary/aromatic N) is 1. The highest BCUT2D eigenvalue weighted by molar-refractivity contribution is 9.10. The molecule has 1 aliphatic heterocycles. The van der Waals surface area contributed by atoms with Gasteiger partial charge in [0.2, 0.25) is 0 Å². The average molecular weight is 354 g/mol. The van der Waals surface area contributed by atoms with Gasteiger partial charge in [0.1, 0.15) is 0 Å². The van der Waals surface area contributed by atoms with Crippen molar-refractivity contribution in [1.29, 1.82) is 0 Å². The Morgan fingerprint density at radius 1 is 1.30 bits per heavy atom. The molecule has 0 saturated heterocycles. The van der Waals surface area contributed by atoms with Crippen molar-refractivity contribution >= 4 is 39.1 Å². The molecule has 1 N–H and O–H groups in total. The van der Waals surface area contributed by atoms with Gasteiger partial charge in [-0.1, -0.05) is 17.7 Å². The summed E-state index contributed by atoms with van der Waals surface area (Å²) in [4.78, 5) is 16.2. The summed E-state index contributed by atoms with van der Waals surface area (Å²) in [5.41, 5.74) is 3.23. The lowest BCUT2D eigenvalue weighted by atomic mass is 10.1. The molecule has 0 bridgehead atoms. The number of amides is 1. The number of carbonyl (C=O) groups is 1. The van der Waals surface area contributed by atoms with E-state index in [0.29, 0.717) is 24.5 Å². The van der Waals surface area contributed by atoms with E-state index in [1.807, 2.05) is 12.1 Å². The van der Waals surface area contributed by atoms with E-state index in [0.717, 1.165) is 15.6 Å². The van der Waals surface area contributed by atoms with E-state index in [1.54, 1.807) is 18.3 Å². The Morgan fingerprint density at radius 3 is 2.95 bits per heavy atom. The SMILES string of the molecule is O=C(Nc1cc(Br)cnc1Cl)c1ccc2c(c1)COC2. The summed E-state index contributed by atoms with van der Waals surface area (Å²) in [6.45, 7) is 1.16. The van der Waals surface area contributed by atoms with E-state index in [9.17, 15) is 4.79 Å². The van der Waals surface area contributed by atoms with Gasteiger partial charge in [0.05, 0.1) is 18.9 Å². The number of ether oxygens (including phenoxy) is 1. The Bertz CT molecular complexity index is 691. The molecule has 0 atom stereocenters. The van der Waals surface area contributed by atoms with Gasteiger partial charge in [0.25, 0.3) is 5.91 Å². The van der Waals surface area contributed by atoms with Crippen molar-refractivity contribution < 1.29 is 9.53 Å². The van der Waals surface area contributed by atoms with E-state index in [2.05, 4.69) is 26.2 Å². The van der Waals surface area contributed by atoms with Crippen LogP contribution in [0.5, 0.6) is 0 Å². The van der Waals surface area contributed by atoms with Gasteiger partial charge < -0.3 is 10.1 Å². The van der Waals surface area contributed by atoms with Gasteiger partial charge in [0.15, 0.2) is 5.15 Å². The Labute approximate surface area is 129 Å². The molecule has 0 spiro atoms. The minimum atomic E-state index is -0.221. The Kier molecular flexibility index (Phi) is 3.74. The summed E-state index contributed by atoms with van der Waals surface area (Å²) in [6.07, 6.45) is 1.57. The number of carbonyl (C=O) groups excluding carboxylic acids is 1. The minimum Gasteiger partial charge on any atom is -0.372 e. The number of fused-ring (bicyclic) bond motifs is 1. The third kappa shape index (κ3) is 2.70. The largest absolute Gasteiger partial charge is 0.372 e. The second-order valence-electron chi connectivity index (χ2n) is 4.42. The zero-order chi connectivity index (χ0) is 14.1. The van der Waals surface area contributed by atoms with Crippen LogP contribution in [-0.2, 0) is 18.0 Å². The van der Waals surface area contributed by atoms with Crippen molar-refractivity contribution in [3.63, 3.8) is 0 Å². The molecule has 0 aliphatic carbocycles. The lowest BCUT2D eigenvalue weighted by Gasteiger charge is -2.08. The van der Waals surface area contributed by atoms with Crippen LogP contribution in [0, 0.1) is 0 Å². The summed E-state index contributed by atoms with van der Waals surface area (Å²) in [5, 5.41) is 3.01. The highest BCUT2D eigenvalue weighted by Gasteiger charge is 2.15. The van der Waals surface area contributed by atoms with Crippen LogP contribution in [0.1, 0.15) is 21.5 Å². The number of anilines is 1. The highest BCUT2D eigenvalue weighted by atomic mass is 79.9. The summed E-state index contributed by atoms with van der Waals surface area (Å²) in [6, 6.07) is 7.25. The highest BCUT2D eigenvalue weighted by Crippen LogP contribution is 2.25. The standard InChI is InChI=1S/C14H10BrClN2O2/c15-11-4-12(13(16)17-5-11)18-14(19)8-1-2-9-6-20-7-10(9)3-8/h1-5H,6-7H2,(H,18,19). The quantitative estimate of drug-likeness (QED) is 0.836. The maximum Gasteiger partial charge on any atom is 0.255 e. The molecule has 0 radical (unpaired) electrons. The van der Waals surface area contributed by atoms with Crippen LogP contribution in [0.2, 0.25) is 5.15 Å². The lowest BCUT2D eigenvalue weighted by molar-refractivity contribution is 0.102. The first-order valence-electron chi connectivity index (χ1n) is 5.95. The number of rotatable bonds is 2. The van der Waals surface area contributed by atoms with Crippen LogP contribution >= 0.6 is 27.5 Å². The van der Waals surface area contributed by atoms with Crippen LogP contribution in [0.4, 0.5) is 5.69 Å². The zero-order valence-corrected chi connectivity index (χ0v) is 12.7. The average Bonchev–Trinajstić information content (AvgIpc) is 2.90. The molecule has 3 rings (SSSR count). The molecule has 2 aromatic rings. The van der Waals surface area contributed by atoms with Gasteiger partial charge in [-0.05, 0) is 45.3 Å². The second-order valence-corrected chi connectivity index (χ2v) is 5.70. The van der Waals surface area contributed by atoms with Gasteiger partial charge in [-0.25, -0.2) is 4.98 Å². The van der Waals surface area contributed by atoms with Crippen molar-refractivity contribution in [1.82, 2.24) is 4.98 Å². The number of nitrogens with one attached hydrogen (secondary N) is 1. The molecule has 1 aromatic heterocycles. The van der Waals surface area contributed by atoms with E-state index < -0.39 is 0 Å². The molecule has 1 aliphatic rings. The van der Waals surface area contributed by atoms with E-state index >= 15 is 0 Å². The molecule has 0 saturated carbocycles. The van der Waals surface area contributed by atoms with Crippen molar-refractivity contribution in [2.75, 3.05) is 5.32 Å². The minimum absolute atomic E-state index is 0.221. The number of halogens is 2. The lowest BCUT2D eigenvalue weighted by Crippen LogP contribution is -2.13. The third-order valence-corrected chi connectivity index (χ3v) is 3.77. The molecular weight excluding hydrogens is 344 g/mol. The van der Waals surface area contributed by atoms with Gasteiger partial charge in [0, 0.05) is 16.2 Å². The van der Waals surface area contributed by atoms with Crippen LogP contribution < -0.4 is 5.32 Å². The predicted molar refractivity (Wildman–Crippen MR) is 79.8 cm³/mol. The van der Waals surface area contributed by atoms with Crippen LogP contribution in [0.3, 0.4) is 0 Å². The predicted octanol–water partition coefficient (Wildman–Crippen LogP) is 3.78. The Balaban J connectivity index is 1.84. The van der Waals surface area contributed by atoms with Crippen LogP contribution in [0.25, 0.3) is 0 Å². The Morgan fingerprint density at radius 2 is 2.10 bits per heavy atom. The third-order valence-electron chi connectivity index (χ3n) is 3.04. The van der Waals surface area contributed by atoms with E-state index in [4.69, 9.17) is 16.3 Å². The molecule has 2 heterocycles. The van der Waals surface area contributed by atoms with E-state index in [-0.39, 0.29) is 11.1 Å². The number of aromatic nitrogens is 1. The van der Waals surface area contributed by atoms with E-state index in [1.165, 1.54) is 0 Å². The summed E-state index contributed by atoms with van der Waals surface area (Å²) in [7, 11) is 0. The number of benzene rings is 1. The normalized spacial score (nSPS) is 13.1. The fourth-order valence-corrected chi connectivity index (χ4v) is 2.50. The smallest absolute Gasteiger partial charge is 0.255 e. The molecule has 4 nitrogen and oxygen atoms in total.